The summed E-state index contributed by atoms with van der Waals surface area (Å²) in [5, 5.41) is 0. The van der Waals surface area contributed by atoms with Crippen LogP contribution in [0, 0.1) is 6.92 Å². The predicted octanol–water partition coefficient (Wildman–Crippen LogP) is 4.65. The van der Waals surface area contributed by atoms with E-state index in [-0.39, 0.29) is 0 Å². The number of benzene rings is 1. The van der Waals surface area contributed by atoms with Gasteiger partial charge in [0, 0.05) is 18.8 Å². The number of aryl methyl sites for hydroxylation is 1. The summed E-state index contributed by atoms with van der Waals surface area (Å²) >= 11 is 0. The first-order chi connectivity index (χ1) is 7.86. The summed E-state index contributed by atoms with van der Waals surface area (Å²) in [5.74, 6) is 0. The molecule has 0 aromatic heterocycles. The zero-order chi connectivity index (χ0) is 12.4. The molecule has 0 unspecified atom stereocenters. The lowest BCUT2D eigenvalue weighted by Crippen LogP contribution is -2.17. The maximum Gasteiger partial charge on any atom is 0.0368 e. The number of rotatable bonds is 1. The van der Waals surface area contributed by atoms with Gasteiger partial charge in [0.15, 0.2) is 0 Å². The van der Waals surface area contributed by atoms with Crippen LogP contribution < -0.4 is 4.90 Å². The third-order valence-corrected chi connectivity index (χ3v) is 2.47. The zero-order valence-electron chi connectivity index (χ0n) is 11.6. The molecule has 0 saturated carbocycles. The van der Waals surface area contributed by atoms with Crippen molar-refractivity contribution in [2.75, 3.05) is 18.0 Å². The van der Waals surface area contributed by atoms with Gasteiger partial charge in [0.25, 0.3) is 0 Å². The van der Waals surface area contributed by atoms with Gasteiger partial charge in [-0.3, -0.25) is 0 Å². The lowest BCUT2D eigenvalue weighted by Gasteiger charge is -2.17. The minimum atomic E-state index is 1.24. The van der Waals surface area contributed by atoms with Crippen LogP contribution in [0.25, 0.3) is 0 Å². The van der Waals surface area contributed by atoms with E-state index in [0.717, 1.165) is 0 Å². The Morgan fingerprint density at radius 3 is 2.00 bits per heavy atom. The Kier molecular flexibility index (Phi) is 8.69. The third kappa shape index (κ3) is 4.69. The molecule has 1 heteroatoms. The number of hydrogen-bond donors (Lipinski definition) is 0. The average molecular weight is 221 g/mol. The second-order valence-electron chi connectivity index (χ2n) is 3.53. The Morgan fingerprint density at radius 1 is 0.938 bits per heavy atom. The van der Waals surface area contributed by atoms with Crippen molar-refractivity contribution in [3.05, 3.63) is 29.8 Å². The molecule has 0 aliphatic carbocycles. The van der Waals surface area contributed by atoms with Crippen molar-refractivity contribution in [3.8, 4) is 0 Å². The summed E-state index contributed by atoms with van der Waals surface area (Å²) in [6, 6.07) is 8.77. The van der Waals surface area contributed by atoms with E-state index in [4.69, 9.17) is 0 Å². The van der Waals surface area contributed by atoms with Crippen molar-refractivity contribution >= 4 is 5.69 Å². The highest BCUT2D eigenvalue weighted by Crippen LogP contribution is 2.20. The predicted molar refractivity (Wildman–Crippen MR) is 75.3 cm³/mol. The Hall–Kier alpha value is -0.980. The quantitative estimate of drug-likeness (QED) is 0.667. The largest absolute Gasteiger partial charge is 0.372 e. The van der Waals surface area contributed by atoms with Gasteiger partial charge in [0.05, 0.1) is 0 Å². The standard InChI is InChI=1S/C11H15N.2C2H6/c1-10-5-4-6-11(9-10)12-7-2-3-8-12;2*1-2/h4-6,9H,2-3,7-8H2,1H3;2*1-2H3. The van der Waals surface area contributed by atoms with Crippen LogP contribution in [0.2, 0.25) is 0 Å². The summed E-state index contributed by atoms with van der Waals surface area (Å²) in [7, 11) is 0. The molecule has 0 radical (unpaired) electrons. The molecule has 1 aromatic rings. The second-order valence-corrected chi connectivity index (χ2v) is 3.53. The van der Waals surface area contributed by atoms with E-state index >= 15 is 0 Å². The van der Waals surface area contributed by atoms with Crippen molar-refractivity contribution in [1.29, 1.82) is 0 Å². The SMILES string of the molecule is CC.CC.Cc1cccc(N2CCCC2)c1. The first kappa shape index (κ1) is 15.0. The van der Waals surface area contributed by atoms with E-state index in [1.54, 1.807) is 0 Å². The lowest BCUT2D eigenvalue weighted by atomic mass is 10.2. The molecule has 1 saturated heterocycles. The Morgan fingerprint density at radius 2 is 1.50 bits per heavy atom. The second kappa shape index (κ2) is 9.26. The van der Waals surface area contributed by atoms with E-state index in [2.05, 4.69) is 36.1 Å². The minimum Gasteiger partial charge on any atom is -0.372 e. The maximum atomic E-state index is 2.47. The molecule has 1 fully saturated rings. The van der Waals surface area contributed by atoms with Crippen LogP contribution in [0.15, 0.2) is 24.3 Å². The Balaban J connectivity index is 0.000000509. The first-order valence-corrected chi connectivity index (χ1v) is 6.68. The highest BCUT2D eigenvalue weighted by Gasteiger charge is 2.11. The molecule has 1 aliphatic rings. The fourth-order valence-electron chi connectivity index (χ4n) is 1.80. The summed E-state index contributed by atoms with van der Waals surface area (Å²) in [6.07, 6.45) is 2.71. The fraction of sp³-hybridized carbons (Fsp3) is 0.600. The number of hydrogen-bond acceptors (Lipinski definition) is 1. The van der Waals surface area contributed by atoms with Gasteiger partial charge in [-0.2, -0.15) is 0 Å². The molecule has 0 bridgehead atoms. The molecule has 1 aromatic carbocycles. The van der Waals surface area contributed by atoms with E-state index < -0.39 is 0 Å². The van der Waals surface area contributed by atoms with Crippen LogP contribution in [-0.4, -0.2) is 13.1 Å². The summed E-state index contributed by atoms with van der Waals surface area (Å²) in [4.78, 5) is 2.47. The molecular formula is C15H27N. The van der Waals surface area contributed by atoms with Gasteiger partial charge in [0.1, 0.15) is 0 Å². The molecule has 0 N–H and O–H groups in total. The van der Waals surface area contributed by atoms with Gasteiger partial charge in [-0.1, -0.05) is 39.8 Å². The highest BCUT2D eigenvalue weighted by atomic mass is 15.1. The molecule has 0 atom stereocenters. The monoisotopic (exact) mass is 221 g/mol. The molecule has 1 nitrogen and oxygen atoms in total. The summed E-state index contributed by atoms with van der Waals surface area (Å²) in [5.41, 5.74) is 2.76. The van der Waals surface area contributed by atoms with Gasteiger partial charge >= 0.3 is 0 Å². The van der Waals surface area contributed by atoms with Crippen LogP contribution in [0.1, 0.15) is 46.1 Å². The first-order valence-electron chi connectivity index (χ1n) is 6.68. The van der Waals surface area contributed by atoms with Crippen molar-refractivity contribution in [1.82, 2.24) is 0 Å². The van der Waals surface area contributed by atoms with Gasteiger partial charge < -0.3 is 4.90 Å². The number of anilines is 1. The normalized spacial score (nSPS) is 13.4. The topological polar surface area (TPSA) is 3.24 Å². The maximum absolute atomic E-state index is 2.47. The summed E-state index contributed by atoms with van der Waals surface area (Å²) < 4.78 is 0. The van der Waals surface area contributed by atoms with Crippen molar-refractivity contribution in [2.45, 2.75) is 47.5 Å². The van der Waals surface area contributed by atoms with E-state index in [9.17, 15) is 0 Å². The fourth-order valence-corrected chi connectivity index (χ4v) is 1.80. The van der Waals surface area contributed by atoms with Crippen LogP contribution in [0.5, 0.6) is 0 Å². The zero-order valence-corrected chi connectivity index (χ0v) is 11.6. The highest BCUT2D eigenvalue weighted by molar-refractivity contribution is 5.48. The molecule has 0 amide bonds. The molecule has 2 rings (SSSR count). The van der Waals surface area contributed by atoms with Crippen molar-refractivity contribution in [2.24, 2.45) is 0 Å². The summed E-state index contributed by atoms with van der Waals surface area (Å²) in [6.45, 7) is 12.6. The Bertz CT molecular complexity index is 262. The van der Waals surface area contributed by atoms with E-state index in [1.165, 1.54) is 37.2 Å². The van der Waals surface area contributed by atoms with Crippen LogP contribution in [0.3, 0.4) is 0 Å². The molecular weight excluding hydrogens is 194 g/mol. The molecule has 1 aliphatic heterocycles. The van der Waals surface area contributed by atoms with Gasteiger partial charge in [-0.15, -0.1) is 0 Å². The van der Waals surface area contributed by atoms with Gasteiger partial charge in [-0.05, 0) is 37.5 Å². The lowest BCUT2D eigenvalue weighted by molar-refractivity contribution is 0.949. The minimum absolute atomic E-state index is 1.24. The number of nitrogens with zero attached hydrogens (tertiary/aromatic N) is 1. The van der Waals surface area contributed by atoms with Gasteiger partial charge in [0.2, 0.25) is 0 Å². The van der Waals surface area contributed by atoms with Crippen LogP contribution in [0.4, 0.5) is 5.69 Å². The molecule has 16 heavy (non-hydrogen) atoms. The van der Waals surface area contributed by atoms with Crippen LogP contribution in [-0.2, 0) is 0 Å². The molecule has 92 valence electrons. The van der Waals surface area contributed by atoms with E-state index in [1.807, 2.05) is 27.7 Å². The molecule has 1 heterocycles. The molecule has 0 spiro atoms. The average Bonchev–Trinajstić information content (AvgIpc) is 2.88. The van der Waals surface area contributed by atoms with Gasteiger partial charge in [-0.25, -0.2) is 0 Å². The smallest absolute Gasteiger partial charge is 0.0368 e. The van der Waals surface area contributed by atoms with Crippen molar-refractivity contribution in [3.63, 3.8) is 0 Å². The van der Waals surface area contributed by atoms with Crippen LogP contribution >= 0.6 is 0 Å². The third-order valence-electron chi connectivity index (χ3n) is 2.47. The van der Waals surface area contributed by atoms with E-state index in [0.29, 0.717) is 0 Å². The van der Waals surface area contributed by atoms with Crippen molar-refractivity contribution < 1.29 is 0 Å². The Labute approximate surface area is 101 Å².